The number of fused-ring (bicyclic) bond motifs is 2. The fourth-order valence-electron chi connectivity index (χ4n) is 6.15. The maximum absolute atomic E-state index is 13.6. The summed E-state index contributed by atoms with van der Waals surface area (Å²) in [5.41, 5.74) is 2.58. The molecule has 0 radical (unpaired) electrons. The molecule has 2 unspecified atom stereocenters. The second kappa shape index (κ2) is 9.09. The van der Waals surface area contributed by atoms with Gasteiger partial charge in [0.1, 0.15) is 0 Å². The standard InChI is InChI=1S/C25H38F2N2OS/c1-15-13-20-5-6-21(14-15)29(20)12-9-22(23-17(3)16(2)18(4)31-23)28-24(30)19-7-10-25(26,27)11-8-19/h15,19-22H,5-14H2,1-4H3,(H,28,30)/t15?,20?,21?,22-/m0/s1. The van der Waals surface area contributed by atoms with E-state index in [-0.39, 0.29) is 30.7 Å². The molecule has 3 heterocycles. The first-order valence-electron chi connectivity index (χ1n) is 12.1. The van der Waals surface area contributed by atoms with Crippen LogP contribution < -0.4 is 5.32 Å². The first-order valence-corrected chi connectivity index (χ1v) is 13.0. The fraction of sp³-hybridized carbons (Fsp3) is 0.800. The van der Waals surface area contributed by atoms with Crippen molar-refractivity contribution in [2.75, 3.05) is 6.54 Å². The van der Waals surface area contributed by atoms with Crippen LogP contribution in [0.4, 0.5) is 8.78 Å². The maximum Gasteiger partial charge on any atom is 0.248 e. The number of carbonyl (C=O) groups excluding carboxylic acids is 1. The van der Waals surface area contributed by atoms with Crippen LogP contribution >= 0.6 is 11.3 Å². The predicted octanol–water partition coefficient (Wildman–Crippen LogP) is 6.31. The van der Waals surface area contributed by atoms with Crippen LogP contribution in [0.1, 0.15) is 91.6 Å². The third-order valence-corrected chi connectivity index (χ3v) is 9.66. The highest BCUT2D eigenvalue weighted by atomic mass is 32.1. The Morgan fingerprint density at radius 1 is 1.10 bits per heavy atom. The van der Waals surface area contributed by atoms with Crippen molar-refractivity contribution in [1.82, 2.24) is 10.2 Å². The molecule has 3 fully saturated rings. The molecular formula is C25H38F2N2OS. The van der Waals surface area contributed by atoms with Crippen molar-refractivity contribution in [3.05, 3.63) is 20.9 Å². The van der Waals surface area contributed by atoms with Crippen LogP contribution in [-0.4, -0.2) is 35.4 Å². The largest absolute Gasteiger partial charge is 0.348 e. The summed E-state index contributed by atoms with van der Waals surface area (Å²) in [6, 6.07) is 1.36. The number of nitrogens with zero attached hydrogens (tertiary/aromatic N) is 1. The summed E-state index contributed by atoms with van der Waals surface area (Å²) < 4.78 is 27.1. The number of alkyl halides is 2. The molecule has 1 N–H and O–H groups in total. The molecule has 1 aromatic rings. The van der Waals surface area contributed by atoms with E-state index >= 15 is 0 Å². The Labute approximate surface area is 190 Å². The Kier molecular flexibility index (Phi) is 6.79. The van der Waals surface area contributed by atoms with Gasteiger partial charge >= 0.3 is 0 Å². The van der Waals surface area contributed by atoms with Crippen molar-refractivity contribution < 1.29 is 13.6 Å². The molecule has 0 aromatic carbocycles. The quantitative estimate of drug-likeness (QED) is 0.549. The molecule has 0 spiro atoms. The van der Waals surface area contributed by atoms with E-state index in [9.17, 15) is 13.6 Å². The normalized spacial score (nSPS) is 29.8. The van der Waals surface area contributed by atoms with Crippen LogP contribution in [0.3, 0.4) is 0 Å². The number of amides is 1. The number of thiophene rings is 1. The minimum absolute atomic E-state index is 0.0221. The highest BCUT2D eigenvalue weighted by molar-refractivity contribution is 7.12. The maximum atomic E-state index is 13.6. The van der Waals surface area contributed by atoms with Gasteiger partial charge < -0.3 is 5.32 Å². The zero-order valence-electron chi connectivity index (χ0n) is 19.5. The van der Waals surface area contributed by atoms with Crippen LogP contribution in [0.5, 0.6) is 0 Å². The molecule has 1 aromatic heterocycles. The van der Waals surface area contributed by atoms with Gasteiger partial charge in [0.05, 0.1) is 6.04 Å². The van der Waals surface area contributed by atoms with Crippen molar-refractivity contribution in [3.63, 3.8) is 0 Å². The summed E-state index contributed by atoms with van der Waals surface area (Å²) in [7, 11) is 0. The van der Waals surface area contributed by atoms with Crippen molar-refractivity contribution in [2.24, 2.45) is 11.8 Å². The van der Waals surface area contributed by atoms with Crippen molar-refractivity contribution in [2.45, 2.75) is 110 Å². The average Bonchev–Trinajstić information content (AvgIpc) is 3.11. The number of hydrogen-bond acceptors (Lipinski definition) is 3. The van der Waals surface area contributed by atoms with Crippen molar-refractivity contribution >= 4 is 17.2 Å². The average molecular weight is 453 g/mol. The first kappa shape index (κ1) is 23.2. The highest BCUT2D eigenvalue weighted by Crippen LogP contribution is 2.41. The zero-order chi connectivity index (χ0) is 22.3. The summed E-state index contributed by atoms with van der Waals surface area (Å²) in [6.07, 6.45) is 6.35. The van der Waals surface area contributed by atoms with Gasteiger partial charge in [-0.25, -0.2) is 8.78 Å². The van der Waals surface area contributed by atoms with E-state index in [2.05, 4.69) is 37.9 Å². The molecule has 174 valence electrons. The van der Waals surface area contributed by atoms with Gasteiger partial charge in [0.2, 0.25) is 11.8 Å². The Morgan fingerprint density at radius 3 is 2.26 bits per heavy atom. The van der Waals surface area contributed by atoms with Gasteiger partial charge in [-0.05, 0) is 82.8 Å². The van der Waals surface area contributed by atoms with Gasteiger partial charge in [0.15, 0.2) is 0 Å². The van der Waals surface area contributed by atoms with E-state index < -0.39 is 5.92 Å². The third-order valence-electron chi connectivity index (χ3n) is 8.24. The Bertz CT molecular complexity index is 784. The Balaban J connectivity index is 1.46. The van der Waals surface area contributed by atoms with Crippen LogP contribution in [0.25, 0.3) is 0 Å². The Hall–Kier alpha value is -1.01. The van der Waals surface area contributed by atoms with Crippen LogP contribution in [0.2, 0.25) is 0 Å². The summed E-state index contributed by atoms with van der Waals surface area (Å²) in [4.78, 5) is 18.3. The summed E-state index contributed by atoms with van der Waals surface area (Å²) >= 11 is 1.79. The number of halogens is 2. The molecular weight excluding hydrogens is 414 g/mol. The monoisotopic (exact) mass is 452 g/mol. The predicted molar refractivity (Wildman–Crippen MR) is 123 cm³/mol. The summed E-state index contributed by atoms with van der Waals surface area (Å²) in [5, 5.41) is 3.31. The minimum atomic E-state index is -2.60. The molecule has 1 aliphatic carbocycles. The molecule has 2 aliphatic heterocycles. The van der Waals surface area contributed by atoms with Crippen molar-refractivity contribution in [3.8, 4) is 0 Å². The second-order valence-electron chi connectivity index (χ2n) is 10.5. The van der Waals surface area contributed by atoms with Gasteiger partial charge in [-0.3, -0.25) is 9.69 Å². The van der Waals surface area contributed by atoms with E-state index in [4.69, 9.17) is 0 Å². The van der Waals surface area contributed by atoms with Crippen LogP contribution in [-0.2, 0) is 4.79 Å². The number of carbonyl (C=O) groups is 1. The highest BCUT2D eigenvalue weighted by Gasteiger charge is 2.40. The molecule has 2 bridgehead atoms. The minimum Gasteiger partial charge on any atom is -0.348 e. The summed E-state index contributed by atoms with van der Waals surface area (Å²) in [6.45, 7) is 9.83. The van der Waals surface area contributed by atoms with Gasteiger partial charge in [0.25, 0.3) is 0 Å². The lowest BCUT2D eigenvalue weighted by atomic mass is 9.86. The van der Waals surface area contributed by atoms with E-state index in [0.717, 1.165) is 18.9 Å². The number of nitrogens with one attached hydrogen (secondary N) is 1. The SMILES string of the molecule is Cc1sc([C@H](CCN2C3CCC2CC(C)C3)NC(=O)C2CCC(F)(F)CC2)c(C)c1C. The molecule has 1 amide bonds. The van der Waals surface area contributed by atoms with E-state index in [1.54, 1.807) is 11.3 Å². The van der Waals surface area contributed by atoms with E-state index in [1.165, 1.54) is 46.6 Å². The van der Waals surface area contributed by atoms with Gasteiger partial charge in [-0.1, -0.05) is 6.92 Å². The first-order chi connectivity index (χ1) is 14.6. The van der Waals surface area contributed by atoms with Gasteiger partial charge in [-0.15, -0.1) is 11.3 Å². The second-order valence-corrected chi connectivity index (χ2v) is 11.7. The van der Waals surface area contributed by atoms with Crippen molar-refractivity contribution in [1.29, 1.82) is 0 Å². The van der Waals surface area contributed by atoms with Gasteiger partial charge in [-0.2, -0.15) is 0 Å². The van der Waals surface area contributed by atoms with Crippen LogP contribution in [0.15, 0.2) is 0 Å². The molecule has 2 saturated heterocycles. The Morgan fingerprint density at radius 2 is 1.71 bits per heavy atom. The molecule has 6 heteroatoms. The third kappa shape index (κ3) is 5.00. The van der Waals surface area contributed by atoms with E-state index in [0.29, 0.717) is 24.9 Å². The number of aryl methyl sites for hydroxylation is 1. The number of rotatable bonds is 6. The van der Waals surface area contributed by atoms with E-state index in [1.807, 2.05) is 0 Å². The molecule has 3 aliphatic rings. The molecule has 1 saturated carbocycles. The number of hydrogen-bond donors (Lipinski definition) is 1. The zero-order valence-corrected chi connectivity index (χ0v) is 20.3. The molecule has 3 atom stereocenters. The lowest BCUT2D eigenvalue weighted by Gasteiger charge is -2.38. The lowest BCUT2D eigenvalue weighted by molar-refractivity contribution is -0.130. The van der Waals surface area contributed by atoms with Gasteiger partial charge in [0, 0.05) is 47.1 Å². The van der Waals surface area contributed by atoms with Crippen LogP contribution in [0, 0.1) is 32.6 Å². The molecule has 4 rings (SSSR count). The molecule has 3 nitrogen and oxygen atoms in total. The fourth-order valence-corrected chi connectivity index (χ4v) is 7.41. The molecule has 31 heavy (non-hydrogen) atoms. The lowest BCUT2D eigenvalue weighted by Crippen LogP contribution is -2.44. The smallest absolute Gasteiger partial charge is 0.248 e. The number of piperidine rings is 1. The topological polar surface area (TPSA) is 32.3 Å². The summed E-state index contributed by atoms with van der Waals surface area (Å²) in [5.74, 6) is -2.09.